The van der Waals surface area contributed by atoms with Gasteiger partial charge in [0.25, 0.3) is 0 Å². The van der Waals surface area contributed by atoms with Crippen LogP contribution in [0.5, 0.6) is 0 Å². The SMILES string of the molecule is CCN1C(I)CCC1CN(C)C(C)C. The number of alkyl halides is 1. The highest BCUT2D eigenvalue weighted by atomic mass is 127. The van der Waals surface area contributed by atoms with Gasteiger partial charge >= 0.3 is 0 Å². The predicted molar refractivity (Wildman–Crippen MR) is 71.0 cm³/mol. The van der Waals surface area contributed by atoms with Gasteiger partial charge in [-0.3, -0.25) is 4.90 Å². The molecule has 0 amide bonds. The highest BCUT2D eigenvalue weighted by Crippen LogP contribution is 2.28. The second kappa shape index (κ2) is 5.66. The molecule has 0 saturated carbocycles. The number of likely N-dealkylation sites (N-methyl/N-ethyl adjacent to an activating group) is 2. The van der Waals surface area contributed by atoms with E-state index in [0.29, 0.717) is 6.04 Å². The van der Waals surface area contributed by atoms with E-state index >= 15 is 0 Å². The maximum atomic E-state index is 2.64. The largest absolute Gasteiger partial charge is 0.302 e. The van der Waals surface area contributed by atoms with Crippen molar-refractivity contribution in [2.45, 2.75) is 49.7 Å². The van der Waals surface area contributed by atoms with E-state index in [1.54, 1.807) is 0 Å². The summed E-state index contributed by atoms with van der Waals surface area (Å²) in [5.74, 6) is 0. The summed E-state index contributed by atoms with van der Waals surface area (Å²) in [7, 11) is 2.24. The van der Waals surface area contributed by atoms with Crippen LogP contribution in [-0.4, -0.2) is 46.1 Å². The first-order chi connectivity index (χ1) is 6.56. The topological polar surface area (TPSA) is 6.48 Å². The molecule has 0 spiro atoms. The summed E-state index contributed by atoms with van der Waals surface area (Å²) < 4.78 is 0.767. The van der Waals surface area contributed by atoms with E-state index < -0.39 is 0 Å². The molecule has 2 nitrogen and oxygen atoms in total. The lowest BCUT2D eigenvalue weighted by Gasteiger charge is -2.31. The molecule has 2 atom stereocenters. The molecule has 1 aliphatic rings. The molecule has 0 radical (unpaired) electrons. The zero-order chi connectivity index (χ0) is 10.7. The summed E-state index contributed by atoms with van der Waals surface area (Å²) in [4.78, 5) is 5.10. The quantitative estimate of drug-likeness (QED) is 0.447. The van der Waals surface area contributed by atoms with E-state index in [1.165, 1.54) is 25.9 Å². The van der Waals surface area contributed by atoms with Crippen LogP contribution in [0.2, 0.25) is 0 Å². The zero-order valence-corrected chi connectivity index (χ0v) is 12.0. The summed E-state index contributed by atoms with van der Waals surface area (Å²) in [5, 5.41) is 0. The number of nitrogens with zero attached hydrogens (tertiary/aromatic N) is 2. The molecule has 0 aromatic carbocycles. The Morgan fingerprint density at radius 2 is 2.07 bits per heavy atom. The molecular weight excluding hydrogens is 287 g/mol. The Hall–Kier alpha value is 0.650. The summed E-state index contributed by atoms with van der Waals surface area (Å²) in [6.07, 6.45) is 2.74. The third-order valence-electron chi connectivity index (χ3n) is 3.31. The fourth-order valence-corrected chi connectivity index (χ4v) is 3.29. The van der Waals surface area contributed by atoms with Crippen molar-refractivity contribution in [1.29, 1.82) is 0 Å². The molecule has 1 heterocycles. The van der Waals surface area contributed by atoms with Crippen LogP contribution in [0.25, 0.3) is 0 Å². The lowest BCUT2D eigenvalue weighted by atomic mass is 10.2. The van der Waals surface area contributed by atoms with Gasteiger partial charge in [0.1, 0.15) is 0 Å². The van der Waals surface area contributed by atoms with Gasteiger partial charge in [-0.15, -0.1) is 0 Å². The zero-order valence-electron chi connectivity index (χ0n) is 9.83. The van der Waals surface area contributed by atoms with Crippen LogP contribution in [0.15, 0.2) is 0 Å². The molecular formula is C11H23IN2. The number of halogens is 1. The Balaban J connectivity index is 2.44. The van der Waals surface area contributed by atoms with Gasteiger partial charge in [-0.05, 0) is 40.3 Å². The third-order valence-corrected chi connectivity index (χ3v) is 4.65. The van der Waals surface area contributed by atoms with Crippen molar-refractivity contribution in [3.8, 4) is 0 Å². The molecule has 2 unspecified atom stereocenters. The minimum absolute atomic E-state index is 0.668. The summed E-state index contributed by atoms with van der Waals surface area (Å²) in [6.45, 7) is 9.24. The molecule has 3 heteroatoms. The minimum atomic E-state index is 0.668. The van der Waals surface area contributed by atoms with Crippen LogP contribution in [-0.2, 0) is 0 Å². The van der Waals surface area contributed by atoms with Crippen molar-refractivity contribution in [3.05, 3.63) is 0 Å². The van der Waals surface area contributed by atoms with Gasteiger partial charge in [-0.1, -0.05) is 29.5 Å². The number of hydrogen-bond donors (Lipinski definition) is 0. The second-order valence-corrected chi connectivity index (χ2v) is 5.97. The second-order valence-electron chi connectivity index (χ2n) is 4.53. The van der Waals surface area contributed by atoms with Crippen molar-refractivity contribution in [3.63, 3.8) is 0 Å². The van der Waals surface area contributed by atoms with Crippen molar-refractivity contribution in [2.24, 2.45) is 0 Å². The maximum absolute atomic E-state index is 2.64. The Morgan fingerprint density at radius 1 is 1.43 bits per heavy atom. The Morgan fingerprint density at radius 3 is 2.57 bits per heavy atom. The van der Waals surface area contributed by atoms with Crippen LogP contribution < -0.4 is 0 Å². The Kier molecular flexibility index (Phi) is 5.14. The van der Waals surface area contributed by atoms with Gasteiger partial charge in [-0.2, -0.15) is 0 Å². The molecule has 84 valence electrons. The molecule has 0 N–H and O–H groups in total. The number of likely N-dealkylation sites (tertiary alicyclic amines) is 1. The molecule has 1 aliphatic heterocycles. The van der Waals surface area contributed by atoms with E-state index in [1.807, 2.05) is 0 Å². The lowest BCUT2D eigenvalue weighted by Crippen LogP contribution is -2.42. The van der Waals surface area contributed by atoms with Crippen LogP contribution in [0.1, 0.15) is 33.6 Å². The predicted octanol–water partition coefficient (Wildman–Crippen LogP) is 2.57. The van der Waals surface area contributed by atoms with Gasteiger partial charge in [0.15, 0.2) is 0 Å². The first-order valence-electron chi connectivity index (χ1n) is 5.66. The van der Waals surface area contributed by atoms with Crippen LogP contribution >= 0.6 is 22.6 Å². The first-order valence-corrected chi connectivity index (χ1v) is 6.90. The highest BCUT2D eigenvalue weighted by Gasteiger charge is 2.30. The van der Waals surface area contributed by atoms with Crippen LogP contribution in [0.3, 0.4) is 0 Å². The van der Waals surface area contributed by atoms with Crippen LogP contribution in [0, 0.1) is 0 Å². The monoisotopic (exact) mass is 310 g/mol. The van der Waals surface area contributed by atoms with Crippen molar-refractivity contribution in [1.82, 2.24) is 9.80 Å². The molecule has 1 fully saturated rings. The molecule has 1 rings (SSSR count). The Labute approximate surface area is 102 Å². The van der Waals surface area contributed by atoms with E-state index in [2.05, 4.69) is 60.2 Å². The summed E-state index contributed by atoms with van der Waals surface area (Å²) in [5.41, 5.74) is 0. The van der Waals surface area contributed by atoms with Gasteiger partial charge < -0.3 is 4.90 Å². The van der Waals surface area contributed by atoms with Crippen LogP contribution in [0.4, 0.5) is 0 Å². The smallest absolute Gasteiger partial charge is 0.0621 e. The lowest BCUT2D eigenvalue weighted by molar-refractivity contribution is 0.172. The van der Waals surface area contributed by atoms with E-state index in [9.17, 15) is 0 Å². The molecule has 0 aliphatic carbocycles. The first kappa shape index (κ1) is 12.7. The molecule has 1 saturated heterocycles. The Bertz CT molecular complexity index is 173. The van der Waals surface area contributed by atoms with Crippen molar-refractivity contribution >= 4 is 22.6 Å². The number of rotatable bonds is 4. The maximum Gasteiger partial charge on any atom is 0.0621 e. The standard InChI is InChI=1S/C11H23IN2/c1-5-14-10(6-7-11(14)12)8-13(4)9(2)3/h9-11H,5-8H2,1-4H3. The van der Waals surface area contributed by atoms with Gasteiger partial charge in [0.2, 0.25) is 0 Å². The van der Waals surface area contributed by atoms with Gasteiger partial charge in [0, 0.05) is 18.6 Å². The molecule has 0 aromatic heterocycles. The van der Waals surface area contributed by atoms with E-state index in [4.69, 9.17) is 0 Å². The third kappa shape index (κ3) is 3.07. The van der Waals surface area contributed by atoms with E-state index in [0.717, 1.165) is 10.1 Å². The fourth-order valence-electron chi connectivity index (χ4n) is 2.09. The molecule has 0 aromatic rings. The highest BCUT2D eigenvalue weighted by molar-refractivity contribution is 14.1. The fraction of sp³-hybridized carbons (Fsp3) is 1.00. The average molecular weight is 310 g/mol. The number of hydrogen-bond acceptors (Lipinski definition) is 2. The summed E-state index contributed by atoms with van der Waals surface area (Å²) in [6, 6.07) is 1.45. The van der Waals surface area contributed by atoms with Gasteiger partial charge in [-0.25, -0.2) is 0 Å². The molecule has 14 heavy (non-hydrogen) atoms. The average Bonchev–Trinajstić information content (AvgIpc) is 2.46. The normalized spacial score (nSPS) is 29.4. The summed E-state index contributed by atoms with van der Waals surface area (Å²) >= 11 is 2.58. The van der Waals surface area contributed by atoms with Crippen molar-refractivity contribution in [2.75, 3.05) is 20.1 Å². The van der Waals surface area contributed by atoms with Crippen molar-refractivity contribution < 1.29 is 0 Å². The van der Waals surface area contributed by atoms with Gasteiger partial charge in [0.05, 0.1) is 4.05 Å². The van der Waals surface area contributed by atoms with E-state index in [-0.39, 0.29) is 0 Å². The molecule has 0 bridgehead atoms. The minimum Gasteiger partial charge on any atom is -0.302 e.